The van der Waals surface area contributed by atoms with Gasteiger partial charge in [-0.05, 0) is 36.2 Å². The number of ether oxygens (including phenoxy) is 1. The average Bonchev–Trinajstić information content (AvgIpc) is 3.08. The lowest BCUT2D eigenvalue weighted by molar-refractivity contribution is -0.127. The summed E-state index contributed by atoms with van der Waals surface area (Å²) in [5.74, 6) is 0.0602. The fourth-order valence-electron chi connectivity index (χ4n) is 3.37. The predicted molar refractivity (Wildman–Crippen MR) is 106 cm³/mol. The van der Waals surface area contributed by atoms with Crippen molar-refractivity contribution in [1.82, 2.24) is 5.32 Å². The lowest BCUT2D eigenvalue weighted by atomic mass is 10.0. The second kappa shape index (κ2) is 8.44. The molecule has 0 saturated carbocycles. The minimum absolute atomic E-state index is 0.0702. The van der Waals surface area contributed by atoms with E-state index in [0.717, 1.165) is 12.0 Å². The number of halogens is 1. The van der Waals surface area contributed by atoms with Crippen LogP contribution in [0.1, 0.15) is 31.4 Å². The minimum atomic E-state index is -0.385. The Hall–Kier alpha value is -2.53. The van der Waals surface area contributed by atoms with E-state index in [2.05, 4.69) is 5.32 Å². The molecular weight excluding hydrogens is 364 g/mol. The van der Waals surface area contributed by atoms with E-state index in [0.29, 0.717) is 23.0 Å². The highest BCUT2D eigenvalue weighted by Gasteiger charge is 2.36. The first kappa shape index (κ1) is 19.2. The molecule has 1 fully saturated rings. The third kappa shape index (κ3) is 4.25. The molecule has 3 rings (SSSR count). The largest absolute Gasteiger partial charge is 0.495 e. The van der Waals surface area contributed by atoms with Crippen molar-refractivity contribution in [2.24, 2.45) is 5.92 Å². The fourth-order valence-corrected chi connectivity index (χ4v) is 3.50. The summed E-state index contributed by atoms with van der Waals surface area (Å²) in [6, 6.07) is 14.7. The highest BCUT2D eigenvalue weighted by Crippen LogP contribution is 2.33. The lowest BCUT2D eigenvalue weighted by Gasteiger charge is -2.21. The van der Waals surface area contributed by atoms with E-state index in [9.17, 15) is 9.59 Å². The van der Waals surface area contributed by atoms with E-state index in [-0.39, 0.29) is 30.2 Å². The van der Waals surface area contributed by atoms with E-state index >= 15 is 0 Å². The Labute approximate surface area is 164 Å². The van der Waals surface area contributed by atoms with Crippen LogP contribution >= 0.6 is 11.6 Å². The summed E-state index contributed by atoms with van der Waals surface area (Å²) < 4.78 is 5.35. The second-order valence-electron chi connectivity index (χ2n) is 6.60. The highest BCUT2D eigenvalue weighted by molar-refractivity contribution is 6.30. The molecule has 0 aromatic heterocycles. The number of nitrogens with one attached hydrogen (secondary N) is 1. The molecule has 1 saturated heterocycles. The minimum Gasteiger partial charge on any atom is -0.495 e. The summed E-state index contributed by atoms with van der Waals surface area (Å²) in [6.07, 6.45) is 0.950. The van der Waals surface area contributed by atoms with Gasteiger partial charge in [0, 0.05) is 18.0 Å². The summed E-state index contributed by atoms with van der Waals surface area (Å²) in [4.78, 5) is 26.9. The fraction of sp³-hybridized carbons (Fsp3) is 0.333. The number of hydrogen-bond donors (Lipinski definition) is 1. The molecule has 0 radical (unpaired) electrons. The molecule has 1 aliphatic heterocycles. The maximum Gasteiger partial charge on any atom is 0.227 e. The number of carbonyl (C=O) groups is 2. The molecule has 5 nitrogen and oxygen atoms in total. The van der Waals surface area contributed by atoms with Gasteiger partial charge < -0.3 is 15.0 Å². The van der Waals surface area contributed by atoms with Crippen molar-refractivity contribution in [3.8, 4) is 5.75 Å². The first-order chi connectivity index (χ1) is 13.0. The number of anilines is 1. The zero-order chi connectivity index (χ0) is 19.4. The molecule has 2 aromatic carbocycles. The summed E-state index contributed by atoms with van der Waals surface area (Å²) >= 11 is 5.94. The zero-order valence-electron chi connectivity index (χ0n) is 15.4. The SMILES string of the molecule is CCC(NC(=O)C1CC(=O)N(c2ccccc2OC)C1)c1ccc(Cl)cc1. The Balaban J connectivity index is 1.70. The van der Waals surface area contributed by atoms with Crippen LogP contribution in [0.25, 0.3) is 0 Å². The van der Waals surface area contributed by atoms with Crippen molar-refractivity contribution >= 4 is 29.1 Å². The molecule has 142 valence electrons. The average molecular weight is 387 g/mol. The van der Waals surface area contributed by atoms with Crippen LogP contribution in [0.4, 0.5) is 5.69 Å². The molecule has 2 aromatic rings. The van der Waals surface area contributed by atoms with Gasteiger partial charge in [0.1, 0.15) is 5.75 Å². The van der Waals surface area contributed by atoms with Gasteiger partial charge >= 0.3 is 0 Å². The normalized spacial score (nSPS) is 17.7. The Bertz CT molecular complexity index is 822. The number of hydrogen-bond acceptors (Lipinski definition) is 3. The van der Waals surface area contributed by atoms with Crippen LogP contribution in [0.15, 0.2) is 48.5 Å². The Morgan fingerprint density at radius 1 is 1.26 bits per heavy atom. The highest BCUT2D eigenvalue weighted by atomic mass is 35.5. The van der Waals surface area contributed by atoms with Crippen LogP contribution < -0.4 is 15.0 Å². The van der Waals surface area contributed by atoms with E-state index in [1.807, 2.05) is 55.5 Å². The monoisotopic (exact) mass is 386 g/mol. The van der Waals surface area contributed by atoms with Crippen molar-refractivity contribution in [3.05, 3.63) is 59.1 Å². The molecule has 1 N–H and O–H groups in total. The third-order valence-corrected chi connectivity index (χ3v) is 5.12. The van der Waals surface area contributed by atoms with Crippen LogP contribution in [-0.2, 0) is 9.59 Å². The topological polar surface area (TPSA) is 58.6 Å². The molecule has 0 aliphatic carbocycles. The van der Waals surface area contributed by atoms with Crippen molar-refractivity contribution in [1.29, 1.82) is 0 Å². The van der Waals surface area contributed by atoms with Gasteiger partial charge in [-0.3, -0.25) is 9.59 Å². The smallest absolute Gasteiger partial charge is 0.227 e. The van der Waals surface area contributed by atoms with Crippen LogP contribution in [-0.4, -0.2) is 25.5 Å². The van der Waals surface area contributed by atoms with Gasteiger partial charge in [0.15, 0.2) is 0 Å². The number of amides is 2. The molecule has 2 atom stereocenters. The summed E-state index contributed by atoms with van der Waals surface area (Å²) in [6.45, 7) is 2.36. The Morgan fingerprint density at radius 2 is 1.96 bits per heavy atom. The van der Waals surface area contributed by atoms with E-state index in [1.165, 1.54) is 0 Å². The number of nitrogens with zero attached hydrogens (tertiary/aromatic N) is 1. The van der Waals surface area contributed by atoms with Crippen LogP contribution in [0.5, 0.6) is 5.75 Å². The van der Waals surface area contributed by atoms with Crippen LogP contribution in [0.3, 0.4) is 0 Å². The van der Waals surface area contributed by atoms with Gasteiger partial charge in [-0.2, -0.15) is 0 Å². The molecule has 0 bridgehead atoms. The maximum atomic E-state index is 12.8. The van der Waals surface area contributed by atoms with Crippen molar-refractivity contribution in [2.75, 3.05) is 18.6 Å². The first-order valence-electron chi connectivity index (χ1n) is 9.02. The summed E-state index contributed by atoms with van der Waals surface area (Å²) in [5, 5.41) is 3.73. The Morgan fingerprint density at radius 3 is 2.63 bits per heavy atom. The number of carbonyl (C=O) groups excluding carboxylic acids is 2. The molecule has 1 aliphatic rings. The molecule has 2 unspecified atom stereocenters. The van der Waals surface area contributed by atoms with E-state index in [4.69, 9.17) is 16.3 Å². The third-order valence-electron chi connectivity index (χ3n) is 4.87. The number of benzene rings is 2. The van der Waals surface area contributed by atoms with E-state index in [1.54, 1.807) is 12.0 Å². The molecule has 0 spiro atoms. The van der Waals surface area contributed by atoms with Gasteiger partial charge in [-0.1, -0.05) is 42.8 Å². The lowest BCUT2D eigenvalue weighted by Crippen LogP contribution is -2.35. The molecule has 6 heteroatoms. The number of para-hydroxylation sites is 2. The van der Waals surface area contributed by atoms with Gasteiger partial charge in [0.05, 0.1) is 24.8 Å². The maximum absolute atomic E-state index is 12.8. The molecule has 2 amide bonds. The standard InChI is InChI=1S/C21H23ClN2O3/c1-3-17(14-8-10-16(22)11-9-14)23-21(26)15-12-20(25)24(13-15)18-6-4-5-7-19(18)27-2/h4-11,15,17H,3,12-13H2,1-2H3,(H,23,26). The predicted octanol–water partition coefficient (Wildman–Crippen LogP) is 3.97. The van der Waals surface area contributed by atoms with Gasteiger partial charge in [0.25, 0.3) is 0 Å². The number of rotatable bonds is 6. The Kier molecular flexibility index (Phi) is 6.01. The van der Waals surface area contributed by atoms with Crippen LogP contribution in [0.2, 0.25) is 5.02 Å². The summed E-state index contributed by atoms with van der Waals surface area (Å²) in [5.41, 5.74) is 1.70. The van der Waals surface area contributed by atoms with Crippen molar-refractivity contribution < 1.29 is 14.3 Å². The van der Waals surface area contributed by atoms with Crippen molar-refractivity contribution in [2.45, 2.75) is 25.8 Å². The van der Waals surface area contributed by atoms with Crippen LogP contribution in [0, 0.1) is 5.92 Å². The molecule has 27 heavy (non-hydrogen) atoms. The second-order valence-corrected chi connectivity index (χ2v) is 7.03. The van der Waals surface area contributed by atoms with Crippen molar-refractivity contribution in [3.63, 3.8) is 0 Å². The van der Waals surface area contributed by atoms with Gasteiger partial charge in [0.2, 0.25) is 11.8 Å². The zero-order valence-corrected chi connectivity index (χ0v) is 16.2. The van der Waals surface area contributed by atoms with Gasteiger partial charge in [-0.15, -0.1) is 0 Å². The van der Waals surface area contributed by atoms with Gasteiger partial charge in [-0.25, -0.2) is 0 Å². The molecular formula is C21H23ClN2O3. The molecule has 1 heterocycles. The summed E-state index contributed by atoms with van der Waals surface area (Å²) in [7, 11) is 1.57. The quantitative estimate of drug-likeness (QED) is 0.817. The van der Waals surface area contributed by atoms with E-state index < -0.39 is 0 Å². The number of methoxy groups -OCH3 is 1. The first-order valence-corrected chi connectivity index (χ1v) is 9.40.